The third kappa shape index (κ3) is 5.52. The van der Waals surface area contributed by atoms with E-state index in [9.17, 15) is 23.5 Å². The molecule has 0 bridgehead atoms. The Morgan fingerprint density at radius 3 is 2.46 bits per heavy atom. The predicted molar refractivity (Wildman–Crippen MR) is 141 cm³/mol. The lowest BCUT2D eigenvalue weighted by atomic mass is 9.94. The van der Waals surface area contributed by atoms with Crippen molar-refractivity contribution in [1.29, 1.82) is 0 Å². The molecule has 9 heteroatoms. The highest BCUT2D eigenvalue weighted by Crippen LogP contribution is 2.48. The zero-order chi connectivity index (χ0) is 27.6. The monoisotopic (exact) mass is 532 g/mol. The van der Waals surface area contributed by atoms with E-state index in [0.29, 0.717) is 42.3 Å². The van der Waals surface area contributed by atoms with Gasteiger partial charge in [0, 0.05) is 35.8 Å². The molecule has 1 amide bonds. The molecule has 3 aromatic carbocycles. The van der Waals surface area contributed by atoms with Crippen molar-refractivity contribution in [3.05, 3.63) is 84.1 Å². The molecule has 0 atom stereocenters. The Hall–Kier alpha value is -4.53. The van der Waals surface area contributed by atoms with E-state index in [1.165, 1.54) is 43.6 Å². The van der Waals surface area contributed by atoms with Crippen LogP contribution in [0, 0.1) is 17.0 Å². The number of benzene rings is 3. The van der Waals surface area contributed by atoms with Crippen LogP contribution >= 0.6 is 0 Å². The van der Waals surface area contributed by atoms with Crippen molar-refractivity contribution < 1.29 is 33.0 Å². The van der Waals surface area contributed by atoms with Gasteiger partial charge in [0.2, 0.25) is 5.91 Å². The van der Waals surface area contributed by atoms with E-state index in [1.807, 2.05) is 0 Å². The molecular formula is C30H26F2N2O5. The first-order valence-electron chi connectivity index (χ1n) is 12.5. The number of pyridine rings is 1. The van der Waals surface area contributed by atoms with E-state index < -0.39 is 17.1 Å². The summed E-state index contributed by atoms with van der Waals surface area (Å²) in [5.41, 5.74) is 0.483. The number of anilines is 1. The van der Waals surface area contributed by atoms with Crippen LogP contribution < -0.4 is 14.8 Å². The average Bonchev–Trinajstić information content (AvgIpc) is 3.73. The number of aromatic hydroxyl groups is 1. The fourth-order valence-corrected chi connectivity index (χ4v) is 4.52. The Bertz CT molecular complexity index is 1550. The number of halogens is 2. The number of phenols is 1. The minimum absolute atomic E-state index is 0.0782. The fourth-order valence-electron chi connectivity index (χ4n) is 4.52. The number of aromatic nitrogens is 1. The molecule has 4 aromatic rings. The summed E-state index contributed by atoms with van der Waals surface area (Å²) in [4.78, 5) is 30.0. The van der Waals surface area contributed by atoms with Crippen molar-refractivity contribution in [2.24, 2.45) is 5.41 Å². The van der Waals surface area contributed by atoms with Gasteiger partial charge in [-0.25, -0.2) is 8.78 Å². The Morgan fingerprint density at radius 2 is 1.77 bits per heavy atom. The normalized spacial score (nSPS) is 13.6. The van der Waals surface area contributed by atoms with Gasteiger partial charge in [-0.2, -0.15) is 0 Å². The molecule has 0 aliphatic heterocycles. The number of carbonyl (C=O) groups is 2. The summed E-state index contributed by atoms with van der Waals surface area (Å²) >= 11 is 0. The number of fused-ring (bicyclic) bond motifs is 1. The predicted octanol–water partition coefficient (Wildman–Crippen LogP) is 6.33. The van der Waals surface area contributed by atoms with Crippen LogP contribution in [0.15, 0.2) is 66.9 Å². The van der Waals surface area contributed by atoms with Crippen LogP contribution in [0.3, 0.4) is 0 Å². The van der Waals surface area contributed by atoms with E-state index in [1.54, 1.807) is 24.3 Å². The number of aryl methyl sites for hydroxylation is 1. The molecule has 0 unspecified atom stereocenters. The summed E-state index contributed by atoms with van der Waals surface area (Å²) in [5, 5.41) is 13.2. The molecule has 5 rings (SSSR count). The lowest BCUT2D eigenvalue weighted by Crippen LogP contribution is -2.31. The van der Waals surface area contributed by atoms with E-state index in [-0.39, 0.29) is 41.0 Å². The highest BCUT2D eigenvalue weighted by atomic mass is 19.1. The molecule has 0 spiro atoms. The van der Waals surface area contributed by atoms with E-state index >= 15 is 0 Å². The fraction of sp³-hybridized carbons (Fsp3) is 0.233. The number of rotatable bonds is 10. The number of Topliss-reactive ketones (excluding diaryl/α,β-unsaturated/α-hetero) is 1. The zero-order valence-corrected chi connectivity index (χ0v) is 21.2. The van der Waals surface area contributed by atoms with Crippen LogP contribution in [0.25, 0.3) is 10.9 Å². The first-order valence-corrected chi connectivity index (χ1v) is 12.5. The number of carbonyl (C=O) groups excluding carboxylic acids is 2. The first kappa shape index (κ1) is 26.1. The highest BCUT2D eigenvalue weighted by molar-refractivity contribution is 6.13. The zero-order valence-electron chi connectivity index (χ0n) is 21.2. The first-order chi connectivity index (χ1) is 18.8. The van der Waals surface area contributed by atoms with E-state index in [4.69, 9.17) is 9.47 Å². The van der Waals surface area contributed by atoms with Gasteiger partial charge in [-0.3, -0.25) is 14.6 Å². The topological polar surface area (TPSA) is 97.8 Å². The molecule has 0 radical (unpaired) electrons. The second-order valence-corrected chi connectivity index (χ2v) is 9.54. The van der Waals surface area contributed by atoms with Crippen molar-refractivity contribution in [2.75, 3.05) is 12.4 Å². The maximum absolute atomic E-state index is 15.0. The molecule has 0 saturated heterocycles. The largest absolute Gasteiger partial charge is 0.504 e. The quantitative estimate of drug-likeness (QED) is 0.232. The van der Waals surface area contributed by atoms with Crippen molar-refractivity contribution >= 4 is 28.3 Å². The highest BCUT2D eigenvalue weighted by Gasteiger charge is 2.55. The molecule has 200 valence electrons. The second-order valence-electron chi connectivity index (χ2n) is 9.54. The summed E-state index contributed by atoms with van der Waals surface area (Å²) in [7, 11) is 1.41. The van der Waals surface area contributed by atoms with Crippen molar-refractivity contribution in [3.8, 4) is 23.0 Å². The van der Waals surface area contributed by atoms with Gasteiger partial charge < -0.3 is 19.9 Å². The number of hydrogen-bond donors (Lipinski definition) is 2. The van der Waals surface area contributed by atoms with Crippen LogP contribution in [-0.2, 0) is 16.0 Å². The van der Waals surface area contributed by atoms with Gasteiger partial charge in [0.1, 0.15) is 22.8 Å². The maximum atomic E-state index is 15.0. The summed E-state index contributed by atoms with van der Waals surface area (Å²) in [6.45, 7) is 0. The molecule has 2 N–H and O–H groups in total. The number of phenolic OH excluding ortho intramolecular Hbond substituents is 1. The summed E-state index contributed by atoms with van der Waals surface area (Å²) in [5.74, 6) is -1.25. The third-order valence-electron chi connectivity index (χ3n) is 6.91. The maximum Gasteiger partial charge on any atom is 0.238 e. The number of ether oxygens (including phenoxy) is 2. The Labute approximate surface area is 223 Å². The number of methoxy groups -OCH3 is 1. The Balaban J connectivity index is 1.23. The van der Waals surface area contributed by atoms with Gasteiger partial charge in [-0.05, 0) is 67.6 Å². The second kappa shape index (κ2) is 10.7. The number of ketones is 1. The summed E-state index contributed by atoms with van der Waals surface area (Å²) in [6.07, 6.45) is 3.76. The number of nitrogens with zero attached hydrogens (tertiary/aromatic N) is 1. The minimum atomic E-state index is -1.09. The van der Waals surface area contributed by atoms with Crippen LogP contribution in [-0.4, -0.2) is 28.9 Å². The minimum Gasteiger partial charge on any atom is -0.504 e. The SMILES string of the molecule is COc1cc2c(Oc3ccc(NC(=O)C4(C(=O)CCCc5ccc(F)cc5)CC4)cc3F)ccnc2cc1O. The summed E-state index contributed by atoms with van der Waals surface area (Å²) < 4.78 is 39.0. The van der Waals surface area contributed by atoms with Crippen molar-refractivity contribution in [2.45, 2.75) is 32.1 Å². The molecule has 1 heterocycles. The van der Waals surface area contributed by atoms with Gasteiger partial charge in [0.15, 0.2) is 23.1 Å². The van der Waals surface area contributed by atoms with E-state index in [0.717, 1.165) is 11.6 Å². The molecule has 39 heavy (non-hydrogen) atoms. The molecule has 7 nitrogen and oxygen atoms in total. The number of nitrogens with one attached hydrogen (secondary N) is 1. The third-order valence-corrected chi connectivity index (χ3v) is 6.91. The molecular weight excluding hydrogens is 506 g/mol. The molecule has 1 fully saturated rings. The Morgan fingerprint density at radius 1 is 1.00 bits per heavy atom. The van der Waals surface area contributed by atoms with E-state index in [2.05, 4.69) is 10.3 Å². The number of hydrogen-bond acceptors (Lipinski definition) is 6. The van der Waals surface area contributed by atoms with Gasteiger partial charge in [0.25, 0.3) is 0 Å². The number of amides is 1. The van der Waals surface area contributed by atoms with Gasteiger partial charge >= 0.3 is 0 Å². The lowest BCUT2D eigenvalue weighted by molar-refractivity contribution is -0.133. The Kier molecular flexibility index (Phi) is 7.15. The lowest BCUT2D eigenvalue weighted by Gasteiger charge is -2.15. The van der Waals surface area contributed by atoms with Gasteiger partial charge in [-0.1, -0.05) is 12.1 Å². The molecule has 1 aromatic heterocycles. The molecule has 1 saturated carbocycles. The smallest absolute Gasteiger partial charge is 0.238 e. The van der Waals surface area contributed by atoms with Gasteiger partial charge in [0.05, 0.1) is 12.6 Å². The molecule has 1 aliphatic rings. The average molecular weight is 533 g/mol. The van der Waals surface area contributed by atoms with Gasteiger partial charge in [-0.15, -0.1) is 0 Å². The van der Waals surface area contributed by atoms with Crippen LogP contribution in [0.5, 0.6) is 23.0 Å². The van der Waals surface area contributed by atoms with Crippen molar-refractivity contribution in [1.82, 2.24) is 4.98 Å². The van der Waals surface area contributed by atoms with Crippen LogP contribution in [0.1, 0.15) is 31.2 Å². The van der Waals surface area contributed by atoms with Crippen LogP contribution in [0.2, 0.25) is 0 Å². The standard InChI is InChI=1S/C30H26F2N2O5/c1-38-27-16-21-23(17-24(27)35)33-14-11-25(21)39-26-10-9-20(15-22(26)32)34-29(37)30(12-13-30)28(36)4-2-3-18-5-7-19(31)8-6-18/h5-11,14-17,35H,2-4,12-13H2,1H3,(H,34,37). The van der Waals surface area contributed by atoms with Crippen LogP contribution in [0.4, 0.5) is 14.5 Å². The van der Waals surface area contributed by atoms with Crippen molar-refractivity contribution in [3.63, 3.8) is 0 Å². The molecule has 1 aliphatic carbocycles. The summed E-state index contributed by atoms with van der Waals surface area (Å²) in [6, 6.07) is 14.7.